The summed E-state index contributed by atoms with van der Waals surface area (Å²) in [5, 5.41) is 6.82. The van der Waals surface area contributed by atoms with Gasteiger partial charge < -0.3 is 10.6 Å². The van der Waals surface area contributed by atoms with Crippen LogP contribution in [0.1, 0.15) is 19.4 Å². The number of amides is 1. The number of aromatic nitrogens is 2. The predicted octanol–water partition coefficient (Wildman–Crippen LogP) is 1.91. The van der Waals surface area contributed by atoms with Gasteiger partial charge in [-0.1, -0.05) is 6.07 Å². The normalized spacial score (nSPS) is 16.8. The van der Waals surface area contributed by atoms with E-state index >= 15 is 0 Å². The molecule has 19 heavy (non-hydrogen) atoms. The van der Waals surface area contributed by atoms with E-state index in [2.05, 4.69) is 10.2 Å². The second kappa shape index (κ2) is 3.60. The van der Waals surface area contributed by atoms with Crippen LogP contribution in [0, 0.1) is 0 Å². The van der Waals surface area contributed by atoms with Crippen LogP contribution in [0.3, 0.4) is 0 Å². The summed E-state index contributed by atoms with van der Waals surface area (Å²) in [6, 6.07) is 7.75. The Morgan fingerprint density at radius 3 is 2.68 bits per heavy atom. The van der Waals surface area contributed by atoms with Crippen molar-refractivity contribution in [3.63, 3.8) is 0 Å². The zero-order chi connectivity index (χ0) is 13.8. The van der Waals surface area contributed by atoms with E-state index in [0.29, 0.717) is 5.82 Å². The number of hydrogen-bond acceptors (Lipinski definition) is 3. The fourth-order valence-corrected chi connectivity index (χ4v) is 2.63. The molecule has 0 fully saturated rings. The Balaban J connectivity index is 2.16. The molecule has 5 nitrogen and oxygen atoms in total. The molecule has 0 aliphatic carbocycles. The molecule has 1 aromatic heterocycles. The largest absolute Gasteiger partial charge is 0.382 e. The van der Waals surface area contributed by atoms with Gasteiger partial charge in [0.2, 0.25) is 5.91 Å². The van der Waals surface area contributed by atoms with Gasteiger partial charge in [0.25, 0.3) is 0 Å². The summed E-state index contributed by atoms with van der Waals surface area (Å²) in [5.74, 6) is 0.576. The van der Waals surface area contributed by atoms with Crippen LogP contribution >= 0.6 is 0 Å². The van der Waals surface area contributed by atoms with Crippen molar-refractivity contribution in [2.24, 2.45) is 0 Å². The zero-order valence-electron chi connectivity index (χ0n) is 11.2. The van der Waals surface area contributed by atoms with E-state index in [4.69, 9.17) is 5.73 Å². The highest BCUT2D eigenvalue weighted by Crippen LogP contribution is 2.42. The number of hydrogen-bond donors (Lipinski definition) is 2. The highest BCUT2D eigenvalue weighted by molar-refractivity contribution is 6.07. The minimum absolute atomic E-state index is 0.115. The number of nitrogens with one attached hydrogen (secondary N) is 1. The minimum Gasteiger partial charge on any atom is -0.382 e. The first kappa shape index (κ1) is 11.8. The number of nitrogens with two attached hydrogens (primary N) is 1. The van der Waals surface area contributed by atoms with Gasteiger partial charge in [-0.25, -0.2) is 0 Å². The quantitative estimate of drug-likeness (QED) is 0.818. The van der Waals surface area contributed by atoms with E-state index in [0.717, 1.165) is 22.5 Å². The lowest BCUT2D eigenvalue weighted by molar-refractivity contribution is -0.121. The van der Waals surface area contributed by atoms with Crippen molar-refractivity contribution in [3.05, 3.63) is 29.8 Å². The monoisotopic (exact) mass is 256 g/mol. The lowest BCUT2D eigenvalue weighted by Gasteiger charge is -2.16. The van der Waals surface area contributed by atoms with Crippen LogP contribution in [0.15, 0.2) is 24.3 Å². The number of nitrogens with zero attached hydrogens (tertiary/aromatic N) is 2. The molecule has 2 heterocycles. The molecular weight excluding hydrogens is 240 g/mol. The number of aromatic amines is 1. The number of fused-ring (bicyclic) bond motifs is 1. The van der Waals surface area contributed by atoms with Crippen LogP contribution in [0.25, 0.3) is 11.3 Å². The zero-order valence-corrected chi connectivity index (χ0v) is 11.2. The van der Waals surface area contributed by atoms with Crippen LogP contribution in [0.2, 0.25) is 0 Å². The van der Waals surface area contributed by atoms with Crippen LogP contribution < -0.4 is 10.6 Å². The third kappa shape index (κ3) is 1.54. The van der Waals surface area contributed by atoms with Crippen molar-refractivity contribution in [2.45, 2.75) is 19.3 Å². The average molecular weight is 256 g/mol. The highest BCUT2D eigenvalue weighted by Gasteiger charge is 2.42. The molecule has 5 heteroatoms. The van der Waals surface area contributed by atoms with Gasteiger partial charge >= 0.3 is 0 Å². The molecular formula is C14H16N4O. The number of anilines is 2. The summed E-state index contributed by atoms with van der Waals surface area (Å²) in [6.45, 7) is 3.89. The summed E-state index contributed by atoms with van der Waals surface area (Å²) < 4.78 is 0. The van der Waals surface area contributed by atoms with Crippen molar-refractivity contribution < 1.29 is 4.79 Å². The first-order chi connectivity index (χ1) is 8.91. The smallest absolute Gasteiger partial charge is 0.236 e. The number of carbonyl (C=O) groups excluding carboxylic acids is 1. The van der Waals surface area contributed by atoms with Crippen LogP contribution in [0.5, 0.6) is 0 Å². The van der Waals surface area contributed by atoms with Gasteiger partial charge in [-0.3, -0.25) is 9.89 Å². The summed E-state index contributed by atoms with van der Waals surface area (Å²) in [4.78, 5) is 13.9. The standard InChI is InChI=1S/C14H16N4O/c1-14(2)9-6-8(10-7-12(15)17-16-10)4-5-11(9)18(3)13(14)19/h4-7H,1-3H3,(H3,15,16,17). The SMILES string of the molecule is CN1C(=O)C(C)(C)c2cc(-c3cc(N)n[nH]3)ccc21. The summed E-state index contributed by atoms with van der Waals surface area (Å²) in [7, 11) is 1.81. The summed E-state index contributed by atoms with van der Waals surface area (Å²) in [5.41, 5.74) is 8.97. The first-order valence-electron chi connectivity index (χ1n) is 6.15. The molecule has 0 bridgehead atoms. The molecule has 1 aliphatic rings. The van der Waals surface area contributed by atoms with Gasteiger partial charge in [-0.05, 0) is 31.5 Å². The van der Waals surface area contributed by atoms with Crippen molar-refractivity contribution in [2.75, 3.05) is 17.7 Å². The number of carbonyl (C=O) groups is 1. The van der Waals surface area contributed by atoms with Gasteiger partial charge in [0.1, 0.15) is 5.82 Å². The summed E-state index contributed by atoms with van der Waals surface area (Å²) in [6.07, 6.45) is 0. The summed E-state index contributed by atoms with van der Waals surface area (Å²) >= 11 is 0. The predicted molar refractivity (Wildman–Crippen MR) is 74.9 cm³/mol. The Morgan fingerprint density at radius 2 is 2.05 bits per heavy atom. The van der Waals surface area contributed by atoms with Crippen molar-refractivity contribution >= 4 is 17.4 Å². The molecule has 0 unspecified atom stereocenters. The number of H-pyrrole nitrogens is 1. The van der Waals surface area contributed by atoms with E-state index in [9.17, 15) is 4.79 Å². The molecule has 3 N–H and O–H groups in total. The molecule has 3 rings (SSSR count). The first-order valence-corrected chi connectivity index (χ1v) is 6.15. The van der Waals surface area contributed by atoms with Crippen LogP contribution in [-0.2, 0) is 10.2 Å². The maximum Gasteiger partial charge on any atom is 0.236 e. The molecule has 2 aromatic rings. The van der Waals surface area contributed by atoms with Crippen LogP contribution in [-0.4, -0.2) is 23.2 Å². The third-order valence-electron chi connectivity index (χ3n) is 3.78. The van der Waals surface area contributed by atoms with Gasteiger partial charge in [0, 0.05) is 24.4 Å². The maximum atomic E-state index is 12.2. The van der Waals surface area contributed by atoms with E-state index in [1.165, 1.54) is 0 Å². The molecule has 1 aromatic carbocycles. The fourth-order valence-electron chi connectivity index (χ4n) is 2.63. The van der Waals surface area contributed by atoms with Crippen molar-refractivity contribution in [1.29, 1.82) is 0 Å². The molecule has 0 saturated heterocycles. The van der Waals surface area contributed by atoms with E-state index in [1.54, 1.807) is 11.0 Å². The van der Waals surface area contributed by atoms with E-state index in [-0.39, 0.29) is 5.91 Å². The molecule has 0 atom stereocenters. The van der Waals surface area contributed by atoms with Gasteiger partial charge in [-0.15, -0.1) is 0 Å². The Bertz CT molecular complexity index is 672. The minimum atomic E-state index is -0.494. The number of nitrogen functional groups attached to an aromatic ring is 1. The lowest BCUT2D eigenvalue weighted by Crippen LogP contribution is -2.33. The molecule has 98 valence electrons. The van der Waals surface area contributed by atoms with Gasteiger partial charge in [0.05, 0.1) is 11.1 Å². The van der Waals surface area contributed by atoms with Crippen molar-refractivity contribution in [1.82, 2.24) is 10.2 Å². The van der Waals surface area contributed by atoms with Gasteiger partial charge in [0.15, 0.2) is 0 Å². The molecule has 1 aliphatic heterocycles. The Morgan fingerprint density at radius 1 is 1.32 bits per heavy atom. The van der Waals surface area contributed by atoms with Crippen molar-refractivity contribution in [3.8, 4) is 11.3 Å². The highest BCUT2D eigenvalue weighted by atomic mass is 16.2. The molecule has 1 amide bonds. The average Bonchev–Trinajstić information content (AvgIpc) is 2.88. The Hall–Kier alpha value is -2.30. The Kier molecular flexibility index (Phi) is 2.23. The second-order valence-corrected chi connectivity index (χ2v) is 5.43. The number of rotatable bonds is 1. The Labute approximate surface area is 111 Å². The third-order valence-corrected chi connectivity index (χ3v) is 3.78. The number of likely N-dealkylation sites (N-methyl/N-ethyl adjacent to an activating group) is 1. The van der Waals surface area contributed by atoms with Crippen LogP contribution in [0.4, 0.5) is 11.5 Å². The molecule has 0 radical (unpaired) electrons. The lowest BCUT2D eigenvalue weighted by atomic mass is 9.85. The molecule has 0 saturated carbocycles. The van der Waals surface area contributed by atoms with Gasteiger partial charge in [-0.2, -0.15) is 5.10 Å². The molecule has 0 spiro atoms. The second-order valence-electron chi connectivity index (χ2n) is 5.43. The number of benzene rings is 1. The topological polar surface area (TPSA) is 75.0 Å². The van der Waals surface area contributed by atoms with E-state index < -0.39 is 5.41 Å². The fraction of sp³-hybridized carbons (Fsp3) is 0.286. The van der Waals surface area contributed by atoms with E-state index in [1.807, 2.05) is 39.1 Å². The maximum absolute atomic E-state index is 12.2.